The third-order valence-electron chi connectivity index (χ3n) is 2.40. The first kappa shape index (κ1) is 29.0. The van der Waals surface area contributed by atoms with Crippen LogP contribution in [-0.2, 0) is 23.8 Å². The quantitative estimate of drug-likeness (QED) is 0.368. The number of hydrogen-bond acceptors (Lipinski definition) is 8. The van der Waals surface area contributed by atoms with Crippen molar-refractivity contribution >= 4 is 11.9 Å². The Morgan fingerprint density at radius 1 is 1.04 bits per heavy atom. The van der Waals surface area contributed by atoms with Gasteiger partial charge >= 0.3 is 11.9 Å². The Hall–Kier alpha value is -1.74. The SMILES string of the molecule is C=C(C)C(=O)OCC.C=C(C)C(=O)OCCN(C)C.COC(O)C(C)O. The Labute approximate surface area is 157 Å². The van der Waals surface area contributed by atoms with Gasteiger partial charge in [0, 0.05) is 24.8 Å². The van der Waals surface area contributed by atoms with E-state index in [2.05, 4.69) is 22.6 Å². The lowest BCUT2D eigenvalue weighted by Crippen LogP contribution is -2.23. The number of ether oxygens (including phenoxy) is 3. The molecule has 2 unspecified atom stereocenters. The number of aliphatic hydroxyl groups is 2. The maximum absolute atomic E-state index is 10.8. The molecule has 0 aliphatic carbocycles. The molecule has 0 fully saturated rings. The molecule has 2 atom stereocenters. The standard InChI is InChI=1S/C8H15NO2.C6H10O2.C4H10O3/c1-7(2)8(10)11-6-5-9(3)4;1-4-8-6(7)5(2)3;1-3(5)4(6)7-2/h1,5-6H2,2-4H3;2,4H2,1,3H3;3-6H,1-2H3. The van der Waals surface area contributed by atoms with E-state index in [0.717, 1.165) is 6.54 Å². The van der Waals surface area contributed by atoms with Crippen molar-refractivity contribution in [2.24, 2.45) is 0 Å². The van der Waals surface area contributed by atoms with E-state index in [4.69, 9.17) is 14.9 Å². The predicted octanol–water partition coefficient (Wildman–Crippen LogP) is 1.12. The fourth-order valence-electron chi connectivity index (χ4n) is 0.895. The molecule has 0 aliphatic heterocycles. The molecule has 0 aromatic rings. The van der Waals surface area contributed by atoms with Crippen molar-refractivity contribution in [1.29, 1.82) is 0 Å². The van der Waals surface area contributed by atoms with Crippen LogP contribution in [0.4, 0.5) is 0 Å². The molecule has 0 aliphatic rings. The lowest BCUT2D eigenvalue weighted by atomic mass is 10.4. The van der Waals surface area contributed by atoms with Crippen LogP contribution in [0.25, 0.3) is 0 Å². The molecule has 154 valence electrons. The van der Waals surface area contributed by atoms with Gasteiger partial charge in [-0.3, -0.25) is 0 Å². The summed E-state index contributed by atoms with van der Waals surface area (Å²) in [5.41, 5.74) is 0.899. The molecule has 0 amide bonds. The highest BCUT2D eigenvalue weighted by molar-refractivity contribution is 5.87. The number of carbonyl (C=O) groups excluding carboxylic acids is 2. The highest BCUT2D eigenvalue weighted by Crippen LogP contribution is 1.91. The molecule has 0 aromatic heterocycles. The molecule has 0 heterocycles. The van der Waals surface area contributed by atoms with Gasteiger partial charge in [-0.15, -0.1) is 0 Å². The molecular formula is C18H35NO7. The zero-order valence-electron chi connectivity index (χ0n) is 17.1. The van der Waals surface area contributed by atoms with Crippen molar-refractivity contribution in [2.45, 2.75) is 40.1 Å². The van der Waals surface area contributed by atoms with Gasteiger partial charge in [0.1, 0.15) is 12.7 Å². The van der Waals surface area contributed by atoms with Crippen molar-refractivity contribution in [3.8, 4) is 0 Å². The maximum atomic E-state index is 10.8. The second-order valence-electron chi connectivity index (χ2n) is 5.59. The van der Waals surface area contributed by atoms with Gasteiger partial charge in [0.15, 0.2) is 6.29 Å². The average Bonchev–Trinajstić information content (AvgIpc) is 2.54. The lowest BCUT2D eigenvalue weighted by molar-refractivity contribution is -0.139. The molecule has 2 N–H and O–H groups in total. The Morgan fingerprint density at radius 3 is 1.65 bits per heavy atom. The summed E-state index contributed by atoms with van der Waals surface area (Å²) >= 11 is 0. The largest absolute Gasteiger partial charge is 0.463 e. The molecule has 0 spiro atoms. The van der Waals surface area contributed by atoms with Gasteiger partial charge < -0.3 is 29.3 Å². The molecule has 0 saturated heterocycles. The van der Waals surface area contributed by atoms with Crippen LogP contribution < -0.4 is 0 Å². The van der Waals surface area contributed by atoms with Crippen LogP contribution in [-0.4, -0.2) is 80.4 Å². The van der Waals surface area contributed by atoms with Crippen molar-refractivity contribution in [3.05, 3.63) is 24.3 Å². The minimum absolute atomic E-state index is 0.312. The average molecular weight is 377 g/mol. The smallest absolute Gasteiger partial charge is 0.333 e. The second kappa shape index (κ2) is 18.1. The molecule has 26 heavy (non-hydrogen) atoms. The molecule has 0 saturated carbocycles. The van der Waals surface area contributed by atoms with Crippen LogP contribution in [0.15, 0.2) is 24.3 Å². The second-order valence-corrected chi connectivity index (χ2v) is 5.59. The molecule has 8 nitrogen and oxygen atoms in total. The van der Waals surface area contributed by atoms with E-state index in [-0.39, 0.29) is 11.9 Å². The van der Waals surface area contributed by atoms with Gasteiger partial charge in [-0.2, -0.15) is 0 Å². The predicted molar refractivity (Wildman–Crippen MR) is 100 cm³/mol. The van der Waals surface area contributed by atoms with Gasteiger partial charge in [-0.1, -0.05) is 13.2 Å². The fourth-order valence-corrected chi connectivity index (χ4v) is 0.895. The minimum atomic E-state index is -1.04. The highest BCUT2D eigenvalue weighted by Gasteiger charge is 2.06. The minimum Gasteiger partial charge on any atom is -0.463 e. The van der Waals surface area contributed by atoms with Crippen molar-refractivity contribution in [2.75, 3.05) is 41.0 Å². The summed E-state index contributed by atoms with van der Waals surface area (Å²) in [6, 6.07) is 0. The van der Waals surface area contributed by atoms with Crippen LogP contribution in [0.5, 0.6) is 0 Å². The molecule has 8 heteroatoms. The van der Waals surface area contributed by atoms with E-state index < -0.39 is 12.4 Å². The zero-order chi connectivity index (χ0) is 21.3. The Balaban J connectivity index is -0.000000315. The van der Waals surface area contributed by atoms with Crippen molar-refractivity contribution < 1.29 is 34.0 Å². The molecular weight excluding hydrogens is 342 g/mol. The number of methoxy groups -OCH3 is 1. The summed E-state index contributed by atoms with van der Waals surface area (Å²) < 4.78 is 13.7. The third-order valence-corrected chi connectivity index (χ3v) is 2.40. The Bertz CT molecular complexity index is 420. The van der Waals surface area contributed by atoms with Crippen molar-refractivity contribution in [3.63, 3.8) is 0 Å². The van der Waals surface area contributed by atoms with E-state index in [1.165, 1.54) is 14.0 Å². The molecule has 0 aromatic carbocycles. The van der Waals surface area contributed by atoms with E-state index in [0.29, 0.717) is 24.4 Å². The van der Waals surface area contributed by atoms with Crippen LogP contribution in [0.3, 0.4) is 0 Å². The number of aliphatic hydroxyl groups excluding tert-OH is 2. The Morgan fingerprint density at radius 2 is 1.46 bits per heavy atom. The molecule has 0 bridgehead atoms. The maximum Gasteiger partial charge on any atom is 0.333 e. The van der Waals surface area contributed by atoms with Gasteiger partial charge in [-0.25, -0.2) is 9.59 Å². The third kappa shape index (κ3) is 22.3. The highest BCUT2D eigenvalue weighted by atomic mass is 16.6. The fraction of sp³-hybridized carbons (Fsp3) is 0.667. The van der Waals surface area contributed by atoms with E-state index in [1.54, 1.807) is 20.8 Å². The van der Waals surface area contributed by atoms with Crippen LogP contribution >= 0.6 is 0 Å². The monoisotopic (exact) mass is 377 g/mol. The number of likely N-dealkylation sites (N-methyl/N-ethyl adjacent to an activating group) is 1. The van der Waals surface area contributed by atoms with Gasteiger partial charge in [0.2, 0.25) is 0 Å². The summed E-state index contributed by atoms with van der Waals surface area (Å²) in [4.78, 5) is 23.2. The van der Waals surface area contributed by atoms with Gasteiger partial charge in [0.25, 0.3) is 0 Å². The number of hydrogen-bond donors (Lipinski definition) is 2. The molecule has 0 radical (unpaired) electrons. The van der Waals surface area contributed by atoms with Crippen molar-refractivity contribution in [1.82, 2.24) is 4.90 Å². The number of carbonyl (C=O) groups is 2. The Kier molecular flexibility index (Phi) is 20.2. The van der Waals surface area contributed by atoms with Gasteiger partial charge in [-0.05, 0) is 41.8 Å². The summed E-state index contributed by atoms with van der Waals surface area (Å²) in [7, 11) is 5.18. The van der Waals surface area contributed by atoms with E-state index in [9.17, 15) is 9.59 Å². The van der Waals surface area contributed by atoms with Crippen LogP contribution in [0, 0.1) is 0 Å². The molecule has 0 rings (SSSR count). The van der Waals surface area contributed by atoms with E-state index in [1.807, 2.05) is 19.0 Å². The topological polar surface area (TPSA) is 106 Å². The number of rotatable bonds is 8. The normalized spacial score (nSPS) is 11.8. The summed E-state index contributed by atoms with van der Waals surface area (Å²) in [6.07, 6.45) is -1.84. The first-order valence-corrected chi connectivity index (χ1v) is 8.09. The van der Waals surface area contributed by atoms with Gasteiger partial charge in [0.05, 0.1) is 6.61 Å². The summed E-state index contributed by atoms with van der Waals surface area (Å²) in [6.45, 7) is 14.9. The summed E-state index contributed by atoms with van der Waals surface area (Å²) in [5, 5.41) is 16.9. The first-order chi connectivity index (χ1) is 11.9. The number of esters is 2. The van der Waals surface area contributed by atoms with Crippen LogP contribution in [0.1, 0.15) is 27.7 Å². The number of nitrogens with zero attached hydrogens (tertiary/aromatic N) is 1. The summed E-state index contributed by atoms with van der Waals surface area (Å²) in [5.74, 6) is -0.626. The van der Waals surface area contributed by atoms with E-state index >= 15 is 0 Å². The zero-order valence-corrected chi connectivity index (χ0v) is 17.1. The first-order valence-electron chi connectivity index (χ1n) is 8.09. The lowest BCUT2D eigenvalue weighted by Gasteiger charge is -2.09. The van der Waals surface area contributed by atoms with Crippen LogP contribution in [0.2, 0.25) is 0 Å².